The molecule has 33 heavy (non-hydrogen) atoms. The van der Waals surface area contributed by atoms with E-state index in [2.05, 4.69) is 46.3 Å². The van der Waals surface area contributed by atoms with Crippen molar-refractivity contribution in [3.05, 3.63) is 83.5 Å². The SMILES string of the molecule is COc1cc(/C=C/c2nc3n(n2)CCC[C@H]3c2ccc(SC)cc2)ccc1-n1cnc(C)c1. The zero-order chi connectivity index (χ0) is 22.8. The molecule has 0 fully saturated rings. The van der Waals surface area contributed by atoms with Crippen LogP contribution in [0.5, 0.6) is 5.75 Å². The summed E-state index contributed by atoms with van der Waals surface area (Å²) in [6.07, 6.45) is 12.1. The molecule has 3 heterocycles. The fourth-order valence-corrected chi connectivity index (χ4v) is 4.73. The summed E-state index contributed by atoms with van der Waals surface area (Å²) in [5.74, 6) is 2.88. The molecule has 1 atom stereocenters. The second-order valence-corrected chi connectivity index (χ2v) is 9.09. The molecule has 5 rings (SSSR count). The minimum atomic E-state index is 0.294. The van der Waals surface area contributed by atoms with Gasteiger partial charge in [-0.05, 0) is 67.5 Å². The maximum atomic E-state index is 5.63. The Balaban J connectivity index is 1.39. The van der Waals surface area contributed by atoms with Gasteiger partial charge in [0.15, 0.2) is 5.82 Å². The molecule has 0 bridgehead atoms. The summed E-state index contributed by atoms with van der Waals surface area (Å²) < 4.78 is 9.67. The maximum Gasteiger partial charge on any atom is 0.174 e. The van der Waals surface area contributed by atoms with Crippen LogP contribution in [-0.4, -0.2) is 37.7 Å². The van der Waals surface area contributed by atoms with E-state index < -0.39 is 0 Å². The fourth-order valence-electron chi connectivity index (χ4n) is 4.33. The molecule has 1 aliphatic heterocycles. The average molecular weight is 458 g/mol. The van der Waals surface area contributed by atoms with Crippen LogP contribution in [-0.2, 0) is 6.54 Å². The lowest BCUT2D eigenvalue weighted by Gasteiger charge is -2.22. The van der Waals surface area contributed by atoms with Crippen LogP contribution < -0.4 is 4.74 Å². The number of ether oxygens (including phenoxy) is 1. The topological polar surface area (TPSA) is 57.8 Å². The van der Waals surface area contributed by atoms with Gasteiger partial charge in [-0.1, -0.05) is 24.3 Å². The van der Waals surface area contributed by atoms with Crippen molar-refractivity contribution in [2.24, 2.45) is 0 Å². The van der Waals surface area contributed by atoms with Gasteiger partial charge in [-0.2, -0.15) is 5.10 Å². The molecule has 168 valence electrons. The number of fused-ring (bicyclic) bond motifs is 1. The number of nitrogens with zero attached hydrogens (tertiary/aromatic N) is 5. The number of aryl methyl sites for hydroxylation is 2. The average Bonchev–Trinajstić information content (AvgIpc) is 3.48. The molecule has 0 saturated heterocycles. The monoisotopic (exact) mass is 457 g/mol. The highest BCUT2D eigenvalue weighted by Crippen LogP contribution is 2.33. The van der Waals surface area contributed by atoms with Gasteiger partial charge in [-0.3, -0.25) is 0 Å². The Kier molecular flexibility index (Phi) is 6.05. The molecule has 2 aromatic carbocycles. The van der Waals surface area contributed by atoms with Gasteiger partial charge < -0.3 is 9.30 Å². The lowest BCUT2D eigenvalue weighted by Crippen LogP contribution is -2.17. The molecule has 0 radical (unpaired) electrons. The van der Waals surface area contributed by atoms with E-state index in [1.54, 1.807) is 25.2 Å². The van der Waals surface area contributed by atoms with Crippen molar-refractivity contribution in [3.63, 3.8) is 0 Å². The highest BCUT2D eigenvalue weighted by molar-refractivity contribution is 7.98. The van der Waals surface area contributed by atoms with Crippen LogP contribution in [0, 0.1) is 6.92 Å². The van der Waals surface area contributed by atoms with Gasteiger partial charge in [0, 0.05) is 23.6 Å². The van der Waals surface area contributed by atoms with Gasteiger partial charge in [-0.25, -0.2) is 14.6 Å². The Labute approximate surface area is 198 Å². The standard InChI is InChI=1S/C26H27N5OS/c1-18-16-30(17-27-18)23-12-6-19(15-24(23)32-2)7-13-25-28-26-22(5-4-14-31(26)29-25)20-8-10-21(33-3)11-9-20/h6-13,15-17,22H,4-5,14H2,1-3H3/b13-7+/t22-/m0/s1. The summed E-state index contributed by atoms with van der Waals surface area (Å²) in [7, 11) is 1.69. The van der Waals surface area contributed by atoms with Crippen LogP contribution >= 0.6 is 11.8 Å². The highest BCUT2D eigenvalue weighted by atomic mass is 32.2. The van der Waals surface area contributed by atoms with Crippen molar-refractivity contribution in [3.8, 4) is 11.4 Å². The van der Waals surface area contributed by atoms with E-state index in [1.165, 1.54) is 10.5 Å². The summed E-state index contributed by atoms with van der Waals surface area (Å²) in [5.41, 5.74) is 4.27. The first kappa shape index (κ1) is 21.5. The number of rotatable bonds is 6. The molecule has 4 aromatic rings. The van der Waals surface area contributed by atoms with E-state index >= 15 is 0 Å². The van der Waals surface area contributed by atoms with E-state index in [1.807, 2.05) is 42.0 Å². The van der Waals surface area contributed by atoms with Gasteiger partial charge in [0.1, 0.15) is 11.6 Å². The van der Waals surface area contributed by atoms with Gasteiger partial charge >= 0.3 is 0 Å². The second-order valence-electron chi connectivity index (χ2n) is 8.21. The largest absolute Gasteiger partial charge is 0.495 e. The van der Waals surface area contributed by atoms with Crippen LogP contribution in [0.2, 0.25) is 0 Å². The molecule has 0 N–H and O–H groups in total. The van der Waals surface area contributed by atoms with Crippen LogP contribution in [0.15, 0.2) is 59.9 Å². The second kappa shape index (κ2) is 9.27. The summed E-state index contributed by atoms with van der Waals surface area (Å²) in [5, 5.41) is 4.76. The number of hydrogen-bond donors (Lipinski definition) is 0. The molecule has 0 unspecified atom stereocenters. The van der Waals surface area contributed by atoms with Gasteiger partial charge in [0.2, 0.25) is 0 Å². The van der Waals surface area contributed by atoms with Crippen LogP contribution in [0.1, 0.15) is 47.2 Å². The van der Waals surface area contributed by atoms with Crippen LogP contribution in [0.3, 0.4) is 0 Å². The van der Waals surface area contributed by atoms with E-state index in [9.17, 15) is 0 Å². The lowest BCUT2D eigenvalue weighted by molar-refractivity contribution is 0.413. The normalized spacial score (nSPS) is 15.7. The molecule has 1 aliphatic rings. The molecular formula is C26H27N5OS. The Morgan fingerprint density at radius 3 is 2.70 bits per heavy atom. The molecule has 7 heteroatoms. The van der Waals surface area contributed by atoms with Gasteiger partial charge in [0.05, 0.1) is 24.8 Å². The first-order chi connectivity index (χ1) is 16.1. The first-order valence-electron chi connectivity index (χ1n) is 11.1. The third kappa shape index (κ3) is 4.46. The fraction of sp³-hybridized carbons (Fsp3) is 0.269. The Bertz CT molecular complexity index is 1290. The van der Waals surface area contributed by atoms with Crippen molar-refractivity contribution in [1.29, 1.82) is 0 Å². The van der Waals surface area contributed by atoms with E-state index in [0.717, 1.165) is 53.7 Å². The lowest BCUT2D eigenvalue weighted by atomic mass is 9.91. The summed E-state index contributed by atoms with van der Waals surface area (Å²) >= 11 is 1.77. The number of benzene rings is 2. The van der Waals surface area contributed by atoms with Crippen molar-refractivity contribution in [1.82, 2.24) is 24.3 Å². The smallest absolute Gasteiger partial charge is 0.174 e. The zero-order valence-corrected chi connectivity index (χ0v) is 19.9. The van der Waals surface area contributed by atoms with Crippen molar-refractivity contribution in [2.45, 2.75) is 37.1 Å². The van der Waals surface area contributed by atoms with Crippen molar-refractivity contribution in [2.75, 3.05) is 13.4 Å². The minimum Gasteiger partial charge on any atom is -0.495 e. The van der Waals surface area contributed by atoms with Gasteiger partial charge in [0.25, 0.3) is 0 Å². The predicted molar refractivity (Wildman–Crippen MR) is 133 cm³/mol. The maximum absolute atomic E-state index is 5.63. The molecule has 0 amide bonds. The summed E-state index contributed by atoms with van der Waals surface area (Å²) in [6, 6.07) is 15.0. The summed E-state index contributed by atoms with van der Waals surface area (Å²) in [4.78, 5) is 10.5. The summed E-state index contributed by atoms with van der Waals surface area (Å²) in [6.45, 7) is 2.89. The van der Waals surface area contributed by atoms with E-state index in [4.69, 9.17) is 14.8 Å². The third-order valence-electron chi connectivity index (χ3n) is 6.03. The molecular weight excluding hydrogens is 430 g/mol. The van der Waals surface area contributed by atoms with E-state index in [-0.39, 0.29) is 0 Å². The molecule has 0 spiro atoms. The first-order valence-corrected chi connectivity index (χ1v) is 12.3. The van der Waals surface area contributed by atoms with Crippen LogP contribution in [0.4, 0.5) is 0 Å². The number of imidazole rings is 1. The predicted octanol–water partition coefficient (Wildman–Crippen LogP) is 5.60. The third-order valence-corrected chi connectivity index (χ3v) is 6.77. The van der Waals surface area contributed by atoms with E-state index in [0.29, 0.717) is 5.92 Å². The van der Waals surface area contributed by atoms with Gasteiger partial charge in [-0.15, -0.1) is 11.8 Å². The molecule has 0 aliphatic carbocycles. The zero-order valence-electron chi connectivity index (χ0n) is 19.1. The van der Waals surface area contributed by atoms with Crippen LogP contribution in [0.25, 0.3) is 17.8 Å². The molecule has 6 nitrogen and oxygen atoms in total. The number of methoxy groups -OCH3 is 1. The minimum absolute atomic E-state index is 0.294. The Morgan fingerprint density at radius 2 is 1.97 bits per heavy atom. The Hall–Kier alpha value is -3.32. The van der Waals surface area contributed by atoms with Crippen molar-refractivity contribution < 1.29 is 4.74 Å². The number of aromatic nitrogens is 5. The number of hydrogen-bond acceptors (Lipinski definition) is 5. The highest BCUT2D eigenvalue weighted by Gasteiger charge is 2.25. The molecule has 2 aromatic heterocycles. The molecule has 0 saturated carbocycles. The van der Waals surface area contributed by atoms with Crippen molar-refractivity contribution >= 4 is 23.9 Å². The Morgan fingerprint density at radius 1 is 1.12 bits per heavy atom. The number of thioether (sulfide) groups is 1. The quantitative estimate of drug-likeness (QED) is 0.353.